The monoisotopic (exact) mass is 461 g/mol. The zero-order valence-electron chi connectivity index (χ0n) is 19.4. The van der Waals surface area contributed by atoms with Crippen LogP contribution in [0.15, 0.2) is 77.7 Å². The van der Waals surface area contributed by atoms with Crippen molar-refractivity contribution >= 4 is 24.5 Å². The van der Waals surface area contributed by atoms with Gasteiger partial charge in [0.25, 0.3) is 8.32 Å². The van der Waals surface area contributed by atoms with Gasteiger partial charge in [0.15, 0.2) is 5.72 Å². The Labute approximate surface area is 195 Å². The normalized spacial score (nSPS) is 24.5. The van der Waals surface area contributed by atoms with E-state index in [2.05, 4.69) is 86.4 Å². The Morgan fingerprint density at radius 2 is 1.70 bits per heavy atom. The first-order valence-corrected chi connectivity index (χ1v) is 13.4. The number of benzene rings is 2. The van der Waals surface area contributed by atoms with Crippen LogP contribution < -0.4 is 21.8 Å². The van der Waals surface area contributed by atoms with Crippen LogP contribution in [0.4, 0.5) is 5.82 Å². The van der Waals surface area contributed by atoms with Crippen molar-refractivity contribution in [2.75, 3.05) is 18.9 Å². The quantitative estimate of drug-likeness (QED) is 0.571. The Kier molecular flexibility index (Phi) is 5.31. The first-order chi connectivity index (χ1) is 15.8. The predicted molar refractivity (Wildman–Crippen MR) is 132 cm³/mol. The average molecular weight is 462 g/mol. The summed E-state index contributed by atoms with van der Waals surface area (Å²) in [6.45, 7) is 8.01. The van der Waals surface area contributed by atoms with Crippen LogP contribution in [0, 0.1) is 11.8 Å². The van der Waals surface area contributed by atoms with E-state index in [0.717, 1.165) is 6.42 Å². The van der Waals surface area contributed by atoms with E-state index in [4.69, 9.17) is 14.9 Å². The Morgan fingerprint density at radius 1 is 1.09 bits per heavy atom. The van der Waals surface area contributed by atoms with Gasteiger partial charge in [0.1, 0.15) is 5.82 Å². The van der Waals surface area contributed by atoms with Gasteiger partial charge in [0.2, 0.25) is 0 Å². The van der Waals surface area contributed by atoms with E-state index in [9.17, 15) is 4.79 Å². The molecule has 1 aliphatic carbocycles. The number of nitrogen functional groups attached to an aromatic ring is 1. The van der Waals surface area contributed by atoms with Gasteiger partial charge in [-0.25, -0.2) is 4.79 Å². The lowest BCUT2D eigenvalue weighted by Crippen LogP contribution is -2.67. The second-order valence-electron chi connectivity index (χ2n) is 10.2. The van der Waals surface area contributed by atoms with Crippen molar-refractivity contribution in [2.45, 2.75) is 38.0 Å². The molecule has 1 saturated heterocycles. The molecule has 7 heteroatoms. The summed E-state index contributed by atoms with van der Waals surface area (Å²) in [7, 11) is -2.60. The van der Waals surface area contributed by atoms with Crippen LogP contribution in [0.3, 0.4) is 0 Å². The number of ether oxygens (including phenoxy) is 1. The lowest BCUT2D eigenvalue weighted by molar-refractivity contribution is -0.00334. The molecule has 2 N–H and O–H groups in total. The zero-order valence-corrected chi connectivity index (χ0v) is 20.4. The van der Waals surface area contributed by atoms with Gasteiger partial charge in [-0.2, -0.15) is 4.98 Å². The van der Waals surface area contributed by atoms with E-state index in [1.165, 1.54) is 10.4 Å². The molecule has 0 bridgehead atoms. The molecule has 2 fully saturated rings. The summed E-state index contributed by atoms with van der Waals surface area (Å²) >= 11 is 0. The number of aromatic nitrogens is 2. The lowest BCUT2D eigenvalue weighted by atomic mass is 10.1. The second kappa shape index (κ2) is 7.94. The molecule has 6 nitrogen and oxygen atoms in total. The minimum Gasteiger partial charge on any atom is -0.407 e. The maximum Gasteiger partial charge on any atom is 0.351 e. The molecule has 1 saturated carbocycles. The molecule has 2 aliphatic rings. The molecule has 3 atom stereocenters. The molecule has 1 aromatic heterocycles. The third kappa shape index (κ3) is 3.55. The van der Waals surface area contributed by atoms with E-state index in [-0.39, 0.29) is 28.4 Å². The minimum absolute atomic E-state index is 0.0758. The highest BCUT2D eigenvalue weighted by Crippen LogP contribution is 2.60. The highest BCUT2D eigenvalue weighted by atomic mass is 28.4. The van der Waals surface area contributed by atoms with Gasteiger partial charge in [-0.05, 0) is 21.5 Å². The smallest absolute Gasteiger partial charge is 0.351 e. The number of hydrogen-bond donors (Lipinski definition) is 1. The van der Waals surface area contributed by atoms with Crippen LogP contribution >= 0.6 is 0 Å². The SMILES string of the molecule is CC(C)(C)[Si](OC[C@H]1CO[C@]2(n3ccc(N)nc3=O)C[C@H]12)(c1ccccc1)c1ccccc1. The van der Waals surface area contributed by atoms with Gasteiger partial charge in [-0.15, -0.1) is 0 Å². The molecular formula is C26H31N3O3Si. The average Bonchev–Trinajstić information content (AvgIpc) is 3.42. The number of rotatable bonds is 6. The fourth-order valence-electron chi connectivity index (χ4n) is 5.53. The molecule has 33 heavy (non-hydrogen) atoms. The molecule has 1 aliphatic heterocycles. The van der Waals surface area contributed by atoms with Crippen molar-refractivity contribution in [1.82, 2.24) is 9.55 Å². The Morgan fingerprint density at radius 3 is 2.21 bits per heavy atom. The molecule has 5 rings (SSSR count). The highest BCUT2D eigenvalue weighted by molar-refractivity contribution is 6.99. The number of hydrogen-bond acceptors (Lipinski definition) is 5. The largest absolute Gasteiger partial charge is 0.407 e. The van der Waals surface area contributed by atoms with Crippen LogP contribution in [-0.2, 0) is 14.9 Å². The first-order valence-electron chi connectivity index (χ1n) is 11.5. The number of nitrogens with zero attached hydrogens (tertiary/aromatic N) is 2. The first kappa shape index (κ1) is 22.1. The molecule has 0 spiro atoms. The minimum atomic E-state index is -2.60. The lowest BCUT2D eigenvalue weighted by Gasteiger charge is -2.43. The van der Waals surface area contributed by atoms with E-state index in [1.807, 2.05) is 0 Å². The van der Waals surface area contributed by atoms with Crippen molar-refractivity contribution in [3.63, 3.8) is 0 Å². The molecule has 172 valence electrons. The molecule has 0 radical (unpaired) electrons. The second-order valence-corrected chi connectivity index (χ2v) is 14.5. The number of fused-ring (bicyclic) bond motifs is 1. The predicted octanol–water partition coefficient (Wildman–Crippen LogP) is 2.72. The summed E-state index contributed by atoms with van der Waals surface area (Å²) in [6.07, 6.45) is 2.50. The van der Waals surface area contributed by atoms with Crippen LogP contribution in [-0.4, -0.2) is 31.1 Å². The third-order valence-electron chi connectivity index (χ3n) is 7.21. The maximum absolute atomic E-state index is 12.5. The van der Waals surface area contributed by atoms with Gasteiger partial charge in [0.05, 0.1) is 6.61 Å². The van der Waals surface area contributed by atoms with Crippen molar-refractivity contribution < 1.29 is 9.16 Å². The van der Waals surface area contributed by atoms with Crippen LogP contribution in [0.5, 0.6) is 0 Å². The molecule has 0 unspecified atom stereocenters. The maximum atomic E-state index is 12.5. The van der Waals surface area contributed by atoms with Gasteiger partial charge in [-0.1, -0.05) is 81.4 Å². The summed E-state index contributed by atoms with van der Waals surface area (Å²) in [4.78, 5) is 16.3. The zero-order chi connectivity index (χ0) is 23.3. The standard InChI is InChI=1S/C26H31N3O3Si/c1-25(2,3)33(20-10-6-4-7-11-20,21-12-8-5-9-13-21)32-18-19-17-31-26(16-22(19)26)29-15-14-23(27)28-24(29)30/h4-15,19,22H,16-18H2,1-3H3,(H2,27,28,30)/t19-,22-,26-/m1/s1. The molecule has 0 amide bonds. The molecule has 2 aromatic carbocycles. The molecule has 3 aromatic rings. The summed E-state index contributed by atoms with van der Waals surface area (Å²) in [5, 5.41) is 2.46. The molecule has 2 heterocycles. The Balaban J connectivity index is 1.46. The van der Waals surface area contributed by atoms with Crippen molar-refractivity contribution in [3.8, 4) is 0 Å². The van der Waals surface area contributed by atoms with Crippen molar-refractivity contribution in [3.05, 3.63) is 83.4 Å². The van der Waals surface area contributed by atoms with Gasteiger partial charge >= 0.3 is 5.69 Å². The Bertz CT molecular complexity index is 1150. The molecular weight excluding hydrogens is 430 g/mol. The third-order valence-corrected chi connectivity index (χ3v) is 12.2. The Hall–Kier alpha value is -2.74. The van der Waals surface area contributed by atoms with Gasteiger partial charge in [-0.3, -0.25) is 4.57 Å². The summed E-state index contributed by atoms with van der Waals surface area (Å²) in [6, 6.07) is 23.0. The topological polar surface area (TPSA) is 79.4 Å². The van der Waals surface area contributed by atoms with E-state index >= 15 is 0 Å². The van der Waals surface area contributed by atoms with Crippen molar-refractivity contribution in [2.24, 2.45) is 11.8 Å². The summed E-state index contributed by atoms with van der Waals surface area (Å²) in [5.74, 6) is 0.685. The summed E-state index contributed by atoms with van der Waals surface area (Å²) < 4.78 is 14.9. The van der Waals surface area contributed by atoms with Gasteiger partial charge in [0, 0.05) is 31.1 Å². The van der Waals surface area contributed by atoms with Crippen molar-refractivity contribution in [1.29, 1.82) is 0 Å². The van der Waals surface area contributed by atoms with E-state index in [1.54, 1.807) is 16.8 Å². The summed E-state index contributed by atoms with van der Waals surface area (Å²) in [5.41, 5.74) is 4.72. The highest BCUT2D eigenvalue weighted by Gasteiger charge is 2.66. The fraction of sp³-hybridized carbons (Fsp3) is 0.385. The van der Waals surface area contributed by atoms with E-state index in [0.29, 0.717) is 13.2 Å². The van der Waals surface area contributed by atoms with Gasteiger partial charge < -0.3 is 14.9 Å². The fourth-order valence-corrected chi connectivity index (χ4v) is 10.2. The number of anilines is 1. The van der Waals surface area contributed by atoms with Crippen LogP contribution in [0.2, 0.25) is 5.04 Å². The van der Waals surface area contributed by atoms with Crippen LogP contribution in [0.25, 0.3) is 0 Å². The van der Waals surface area contributed by atoms with E-state index < -0.39 is 14.0 Å². The number of nitrogens with two attached hydrogens (primary N) is 1. The van der Waals surface area contributed by atoms with Crippen LogP contribution in [0.1, 0.15) is 27.2 Å².